The number of rotatable bonds is 7. The number of anilines is 1. The summed E-state index contributed by atoms with van der Waals surface area (Å²) < 4.78 is 17.3. The largest absolute Gasteiger partial charge is 0.495 e. The van der Waals surface area contributed by atoms with Crippen LogP contribution in [0.1, 0.15) is 10.4 Å². The summed E-state index contributed by atoms with van der Waals surface area (Å²) in [5, 5.41) is 3.04. The molecule has 0 N–H and O–H groups in total. The van der Waals surface area contributed by atoms with Crippen molar-refractivity contribution >= 4 is 54.3 Å². The Kier molecular flexibility index (Phi) is 6.34. The maximum absolute atomic E-state index is 13.9. The van der Waals surface area contributed by atoms with Crippen LogP contribution in [0.15, 0.2) is 63.8 Å². The molecule has 5 aromatic rings. The van der Waals surface area contributed by atoms with Gasteiger partial charge >= 0.3 is 5.63 Å². The van der Waals surface area contributed by atoms with Crippen molar-refractivity contribution in [2.75, 3.05) is 46.3 Å². The van der Waals surface area contributed by atoms with Crippen molar-refractivity contribution in [2.24, 2.45) is 0 Å². The Morgan fingerprint density at radius 3 is 2.47 bits per heavy atom. The van der Waals surface area contributed by atoms with Crippen molar-refractivity contribution in [2.45, 2.75) is 0 Å². The quantitative estimate of drug-likeness (QED) is 0.233. The van der Waals surface area contributed by atoms with Crippen molar-refractivity contribution in [3.05, 3.63) is 70.6 Å². The topological polar surface area (TPSA) is 85.1 Å². The van der Waals surface area contributed by atoms with Crippen LogP contribution in [0.4, 0.5) is 5.13 Å². The van der Waals surface area contributed by atoms with Crippen LogP contribution in [0.2, 0.25) is 0 Å². The first-order chi connectivity index (χ1) is 17.4. The zero-order valence-electron chi connectivity index (χ0n) is 20.4. The molecular weight excluding hydrogens is 478 g/mol. The molecule has 0 saturated heterocycles. The third kappa shape index (κ3) is 4.16. The number of benzene rings is 3. The first-order valence-electron chi connectivity index (χ1n) is 11.3. The van der Waals surface area contributed by atoms with Gasteiger partial charge in [-0.2, -0.15) is 0 Å². The fourth-order valence-electron chi connectivity index (χ4n) is 4.14. The van der Waals surface area contributed by atoms with Crippen LogP contribution < -0.4 is 20.0 Å². The van der Waals surface area contributed by atoms with Gasteiger partial charge in [-0.1, -0.05) is 41.7 Å². The van der Waals surface area contributed by atoms with E-state index in [9.17, 15) is 9.59 Å². The number of likely N-dealkylation sites (N-methyl/N-ethyl adjacent to an activating group) is 1. The highest BCUT2D eigenvalue weighted by molar-refractivity contribution is 7.22. The lowest BCUT2D eigenvalue weighted by Gasteiger charge is -2.21. The number of methoxy groups -OCH3 is 2. The van der Waals surface area contributed by atoms with E-state index in [0.717, 1.165) is 15.5 Å². The van der Waals surface area contributed by atoms with E-state index in [-0.39, 0.29) is 5.56 Å². The lowest BCUT2D eigenvalue weighted by atomic mass is 10.0. The van der Waals surface area contributed by atoms with E-state index in [1.165, 1.54) is 16.2 Å². The molecule has 0 aliphatic rings. The monoisotopic (exact) mass is 503 g/mol. The van der Waals surface area contributed by atoms with Crippen LogP contribution in [0.3, 0.4) is 0 Å². The Hall–Kier alpha value is -3.95. The van der Waals surface area contributed by atoms with Gasteiger partial charge in [-0.25, -0.2) is 9.78 Å². The van der Waals surface area contributed by atoms with Crippen LogP contribution in [0, 0.1) is 0 Å². The van der Waals surface area contributed by atoms with E-state index < -0.39 is 11.5 Å². The number of carbonyl (C=O) groups is 1. The number of carbonyl (C=O) groups excluding carboxylic acids is 1. The van der Waals surface area contributed by atoms with Gasteiger partial charge in [-0.3, -0.25) is 9.69 Å². The molecule has 0 fully saturated rings. The van der Waals surface area contributed by atoms with Crippen molar-refractivity contribution < 1.29 is 18.7 Å². The van der Waals surface area contributed by atoms with Crippen molar-refractivity contribution in [3.63, 3.8) is 0 Å². The second-order valence-electron chi connectivity index (χ2n) is 8.55. The molecule has 2 aromatic heterocycles. The van der Waals surface area contributed by atoms with Crippen LogP contribution in [0.25, 0.3) is 32.0 Å². The molecule has 3 aromatic carbocycles. The number of hydrogen-bond acceptors (Lipinski definition) is 8. The molecule has 0 aliphatic heterocycles. The Morgan fingerprint density at radius 2 is 1.72 bits per heavy atom. The number of amides is 1. The van der Waals surface area contributed by atoms with Gasteiger partial charge in [-0.15, -0.1) is 0 Å². The zero-order valence-corrected chi connectivity index (χ0v) is 21.2. The number of hydrogen-bond donors (Lipinski definition) is 0. The summed E-state index contributed by atoms with van der Waals surface area (Å²) in [6.45, 7) is 0.890. The smallest absolute Gasteiger partial charge is 0.349 e. The summed E-state index contributed by atoms with van der Waals surface area (Å²) in [5.74, 6) is 0.730. The minimum atomic E-state index is -0.686. The maximum Gasteiger partial charge on any atom is 0.349 e. The van der Waals surface area contributed by atoms with E-state index in [1.54, 1.807) is 38.5 Å². The van der Waals surface area contributed by atoms with E-state index in [0.29, 0.717) is 46.2 Å². The van der Waals surface area contributed by atoms with Crippen LogP contribution >= 0.6 is 11.3 Å². The fraction of sp³-hybridized carbons (Fsp3) is 0.222. The molecule has 1 amide bonds. The molecule has 0 bridgehead atoms. The number of thiazole rings is 1. The molecular formula is C27H25N3O5S. The number of aromatic nitrogens is 1. The van der Waals surface area contributed by atoms with E-state index in [1.807, 2.05) is 49.3 Å². The molecule has 184 valence electrons. The molecule has 2 heterocycles. The van der Waals surface area contributed by atoms with Gasteiger partial charge in [-0.05, 0) is 49.1 Å². The van der Waals surface area contributed by atoms with Crippen molar-refractivity contribution in [1.29, 1.82) is 0 Å². The highest BCUT2D eigenvalue weighted by atomic mass is 32.1. The fourth-order valence-corrected chi connectivity index (χ4v) is 5.24. The second kappa shape index (κ2) is 9.60. The number of fused-ring (bicyclic) bond motifs is 4. The Balaban J connectivity index is 1.67. The third-order valence-corrected chi connectivity index (χ3v) is 7.11. The average molecular weight is 504 g/mol. The zero-order chi connectivity index (χ0) is 25.4. The molecule has 5 rings (SSSR count). The van der Waals surface area contributed by atoms with Gasteiger partial charge in [0.2, 0.25) is 0 Å². The molecule has 0 radical (unpaired) electrons. The molecule has 0 aliphatic carbocycles. The Morgan fingerprint density at radius 1 is 0.972 bits per heavy atom. The van der Waals surface area contributed by atoms with Crippen molar-refractivity contribution in [1.82, 2.24) is 9.88 Å². The second-order valence-corrected chi connectivity index (χ2v) is 9.53. The van der Waals surface area contributed by atoms with Gasteiger partial charge in [0.1, 0.15) is 32.9 Å². The molecule has 8 nitrogen and oxygen atoms in total. The van der Waals surface area contributed by atoms with E-state index in [4.69, 9.17) is 18.9 Å². The first-order valence-corrected chi connectivity index (χ1v) is 12.2. The summed E-state index contributed by atoms with van der Waals surface area (Å²) in [7, 11) is 6.99. The molecule has 0 spiro atoms. The summed E-state index contributed by atoms with van der Waals surface area (Å²) in [6, 6.07) is 16.6. The van der Waals surface area contributed by atoms with Gasteiger partial charge < -0.3 is 18.8 Å². The van der Waals surface area contributed by atoms with Gasteiger partial charge in [0.15, 0.2) is 5.13 Å². The van der Waals surface area contributed by atoms with Gasteiger partial charge in [0.25, 0.3) is 5.91 Å². The Bertz CT molecular complexity index is 1620. The predicted octanol–water partition coefficient (Wildman–Crippen LogP) is 4.78. The van der Waals surface area contributed by atoms with Gasteiger partial charge in [0, 0.05) is 18.5 Å². The average Bonchev–Trinajstić information content (AvgIpc) is 3.32. The lowest BCUT2D eigenvalue weighted by Crippen LogP contribution is -2.38. The SMILES string of the molecule is COc1ccc(OC)c2sc(N(CCN(C)C)C(=O)c3cc4c(ccc5ccccc54)oc3=O)nc12. The van der Waals surface area contributed by atoms with E-state index >= 15 is 0 Å². The van der Waals surface area contributed by atoms with Gasteiger partial charge in [0.05, 0.1) is 14.2 Å². The number of nitrogens with zero attached hydrogens (tertiary/aromatic N) is 3. The highest BCUT2D eigenvalue weighted by Gasteiger charge is 2.26. The van der Waals surface area contributed by atoms with Crippen LogP contribution in [0.5, 0.6) is 11.5 Å². The summed E-state index contributed by atoms with van der Waals surface area (Å²) >= 11 is 1.31. The predicted molar refractivity (Wildman–Crippen MR) is 143 cm³/mol. The lowest BCUT2D eigenvalue weighted by molar-refractivity contribution is 0.0982. The summed E-state index contributed by atoms with van der Waals surface area (Å²) in [6.07, 6.45) is 0. The summed E-state index contributed by atoms with van der Waals surface area (Å²) in [4.78, 5) is 35.1. The standard InChI is InChI=1S/C27H25N3O5S/c1-29(2)13-14-30(27-28-23-21(33-3)11-12-22(34-4)24(23)36-27)25(31)19-15-18-17-8-6-5-7-16(17)9-10-20(18)35-26(19)32/h5-12,15H,13-14H2,1-4H3. The maximum atomic E-state index is 13.9. The highest BCUT2D eigenvalue weighted by Crippen LogP contribution is 2.40. The number of ether oxygens (including phenoxy) is 2. The van der Waals surface area contributed by atoms with E-state index in [2.05, 4.69) is 0 Å². The van der Waals surface area contributed by atoms with Crippen molar-refractivity contribution in [3.8, 4) is 11.5 Å². The minimum absolute atomic E-state index is 0.0456. The minimum Gasteiger partial charge on any atom is -0.495 e. The Labute approximate surface area is 211 Å². The molecule has 0 saturated carbocycles. The normalized spacial score (nSPS) is 11.5. The molecule has 9 heteroatoms. The summed E-state index contributed by atoms with van der Waals surface area (Å²) in [5.41, 5.74) is 0.297. The third-order valence-electron chi connectivity index (χ3n) is 6.02. The molecule has 0 unspecified atom stereocenters. The first kappa shape index (κ1) is 23.8. The molecule has 36 heavy (non-hydrogen) atoms. The van der Waals surface area contributed by atoms with Crippen LogP contribution in [-0.2, 0) is 0 Å². The molecule has 0 atom stereocenters. The van der Waals surface area contributed by atoms with Crippen LogP contribution in [-0.4, -0.2) is 57.2 Å².